The maximum atomic E-state index is 12.9. The van der Waals surface area contributed by atoms with Crippen LogP contribution in [-0.2, 0) is 16.6 Å². The number of benzene rings is 3. The first-order chi connectivity index (χ1) is 19.5. The van der Waals surface area contributed by atoms with E-state index in [1.165, 1.54) is 11.8 Å². The molecule has 1 aliphatic rings. The van der Waals surface area contributed by atoms with Gasteiger partial charge in [0, 0.05) is 55.2 Å². The Morgan fingerprint density at radius 1 is 0.950 bits per heavy atom. The Morgan fingerprint density at radius 2 is 1.70 bits per heavy atom. The number of ether oxygens (including phenoxy) is 1. The van der Waals surface area contributed by atoms with Crippen LogP contribution in [0.3, 0.4) is 0 Å². The number of nitrogens with one attached hydrogen (secondary N) is 1. The summed E-state index contributed by atoms with van der Waals surface area (Å²) >= 11 is 7.50. The van der Waals surface area contributed by atoms with Gasteiger partial charge >= 0.3 is 0 Å². The van der Waals surface area contributed by atoms with Crippen LogP contribution in [0.5, 0.6) is 5.75 Å². The molecule has 0 atom stereocenters. The highest BCUT2D eigenvalue weighted by molar-refractivity contribution is 7.99. The molecule has 0 spiro atoms. The third-order valence-corrected chi connectivity index (χ3v) is 7.75. The van der Waals surface area contributed by atoms with Crippen LogP contribution in [0.2, 0.25) is 5.02 Å². The lowest BCUT2D eigenvalue weighted by atomic mass is 10.2. The molecule has 5 rings (SSSR count). The molecule has 0 bridgehead atoms. The van der Waals surface area contributed by atoms with Crippen molar-refractivity contribution in [3.8, 4) is 17.1 Å². The topological polar surface area (TPSA) is 92.6 Å². The number of hydrogen-bond acceptors (Lipinski definition) is 7. The summed E-state index contributed by atoms with van der Waals surface area (Å²) in [5.41, 5.74) is 2.58. The van der Waals surface area contributed by atoms with Crippen molar-refractivity contribution >= 4 is 46.6 Å². The number of piperazine rings is 1. The SMILES string of the molecule is Cn1c(SCC(=O)N2CCN(c3cccc(Cl)c3)CC2)nnc1-c1ccc(NC(=O)COc2ccccc2)cc1. The summed E-state index contributed by atoms with van der Waals surface area (Å²) in [5.74, 6) is 1.44. The third kappa shape index (κ3) is 6.94. The fourth-order valence-electron chi connectivity index (χ4n) is 4.36. The van der Waals surface area contributed by atoms with Gasteiger partial charge in [0.25, 0.3) is 5.91 Å². The fraction of sp³-hybridized carbons (Fsp3) is 0.241. The van der Waals surface area contributed by atoms with Crippen LogP contribution in [0.15, 0.2) is 84.0 Å². The maximum absolute atomic E-state index is 12.9. The lowest BCUT2D eigenvalue weighted by molar-refractivity contribution is -0.128. The van der Waals surface area contributed by atoms with E-state index in [2.05, 4.69) is 20.4 Å². The van der Waals surface area contributed by atoms with Gasteiger partial charge in [0.1, 0.15) is 5.75 Å². The van der Waals surface area contributed by atoms with Gasteiger partial charge < -0.3 is 24.4 Å². The van der Waals surface area contributed by atoms with Gasteiger partial charge in [0.05, 0.1) is 5.75 Å². The number of hydrogen-bond donors (Lipinski definition) is 1. The van der Waals surface area contributed by atoms with Crippen LogP contribution in [0, 0.1) is 0 Å². The molecule has 1 fully saturated rings. The molecular weight excluding hydrogens is 548 g/mol. The molecule has 4 aromatic rings. The number of rotatable bonds is 9. The molecule has 1 saturated heterocycles. The van der Waals surface area contributed by atoms with Crippen molar-refractivity contribution in [2.45, 2.75) is 5.16 Å². The average Bonchev–Trinajstić information content (AvgIpc) is 3.35. The van der Waals surface area contributed by atoms with Crippen molar-refractivity contribution in [2.75, 3.05) is 48.8 Å². The minimum absolute atomic E-state index is 0.0774. The Labute approximate surface area is 242 Å². The summed E-state index contributed by atoms with van der Waals surface area (Å²) in [7, 11) is 1.88. The van der Waals surface area contributed by atoms with Gasteiger partial charge in [-0.15, -0.1) is 10.2 Å². The van der Waals surface area contributed by atoms with Crippen LogP contribution >= 0.6 is 23.4 Å². The van der Waals surface area contributed by atoms with E-state index in [9.17, 15) is 9.59 Å². The van der Waals surface area contributed by atoms with Gasteiger partial charge in [-0.05, 0) is 54.6 Å². The number of carbonyl (C=O) groups is 2. The second kappa shape index (κ2) is 12.9. The number of anilines is 2. The van der Waals surface area contributed by atoms with Crippen molar-refractivity contribution in [3.05, 3.63) is 83.9 Å². The Hall–Kier alpha value is -4.02. The zero-order valence-electron chi connectivity index (χ0n) is 22.0. The van der Waals surface area contributed by atoms with Crippen molar-refractivity contribution in [3.63, 3.8) is 0 Å². The number of amides is 2. The average molecular weight is 577 g/mol. The number of aromatic nitrogens is 3. The molecule has 0 unspecified atom stereocenters. The van der Waals surface area contributed by atoms with Crippen LogP contribution in [0.1, 0.15) is 0 Å². The van der Waals surface area contributed by atoms with Crippen molar-refractivity contribution in [1.29, 1.82) is 0 Å². The van der Waals surface area contributed by atoms with E-state index in [-0.39, 0.29) is 18.4 Å². The Bertz CT molecular complexity index is 1460. The van der Waals surface area contributed by atoms with Gasteiger partial charge in [0.15, 0.2) is 17.6 Å². The number of para-hydroxylation sites is 1. The number of thioether (sulfide) groups is 1. The normalized spacial score (nSPS) is 13.2. The fourth-order valence-corrected chi connectivity index (χ4v) is 5.36. The van der Waals surface area contributed by atoms with E-state index < -0.39 is 0 Å². The maximum Gasteiger partial charge on any atom is 0.262 e. The zero-order chi connectivity index (χ0) is 27.9. The zero-order valence-corrected chi connectivity index (χ0v) is 23.6. The Kier molecular flexibility index (Phi) is 8.87. The number of nitrogens with zero attached hydrogens (tertiary/aromatic N) is 5. The van der Waals surface area contributed by atoms with E-state index in [0.29, 0.717) is 46.3 Å². The van der Waals surface area contributed by atoms with Crippen molar-refractivity contribution < 1.29 is 14.3 Å². The molecule has 2 heterocycles. The molecule has 2 amide bonds. The summed E-state index contributed by atoms with van der Waals surface area (Å²) in [5, 5.41) is 12.8. The molecule has 0 aliphatic carbocycles. The minimum Gasteiger partial charge on any atom is -0.484 e. The van der Waals surface area contributed by atoms with Crippen molar-refractivity contribution in [2.24, 2.45) is 7.05 Å². The monoisotopic (exact) mass is 576 g/mol. The molecule has 1 N–H and O–H groups in total. The van der Waals surface area contributed by atoms with E-state index >= 15 is 0 Å². The minimum atomic E-state index is -0.246. The highest BCUT2D eigenvalue weighted by Gasteiger charge is 2.22. The largest absolute Gasteiger partial charge is 0.484 e. The van der Waals surface area contributed by atoms with Gasteiger partial charge in [0.2, 0.25) is 5.91 Å². The molecule has 1 aromatic heterocycles. The molecule has 206 valence electrons. The number of halogens is 1. The summed E-state index contributed by atoms with van der Waals surface area (Å²) in [6.45, 7) is 2.78. The lowest BCUT2D eigenvalue weighted by Gasteiger charge is -2.36. The van der Waals surface area contributed by atoms with E-state index in [0.717, 1.165) is 24.3 Å². The quantitative estimate of drug-likeness (QED) is 0.291. The van der Waals surface area contributed by atoms with Crippen LogP contribution in [0.4, 0.5) is 11.4 Å². The predicted molar refractivity (Wildman–Crippen MR) is 158 cm³/mol. The highest BCUT2D eigenvalue weighted by atomic mass is 35.5. The molecule has 0 radical (unpaired) electrons. The van der Waals surface area contributed by atoms with Gasteiger partial charge in [-0.2, -0.15) is 0 Å². The molecule has 3 aromatic carbocycles. The van der Waals surface area contributed by atoms with Gasteiger partial charge in [-0.25, -0.2) is 0 Å². The van der Waals surface area contributed by atoms with Crippen LogP contribution < -0.4 is 15.0 Å². The van der Waals surface area contributed by atoms with Gasteiger partial charge in [-0.1, -0.05) is 47.6 Å². The number of carbonyl (C=O) groups excluding carboxylic acids is 2. The molecule has 9 nitrogen and oxygen atoms in total. The summed E-state index contributed by atoms with van der Waals surface area (Å²) in [6, 6.07) is 24.3. The van der Waals surface area contributed by atoms with Crippen LogP contribution in [-0.4, -0.2) is 70.0 Å². The lowest BCUT2D eigenvalue weighted by Crippen LogP contribution is -2.49. The molecular formula is C29H29ClN6O3S. The molecule has 40 heavy (non-hydrogen) atoms. The highest BCUT2D eigenvalue weighted by Crippen LogP contribution is 2.25. The van der Waals surface area contributed by atoms with E-state index in [1.54, 1.807) is 12.1 Å². The molecule has 0 saturated carbocycles. The first-order valence-electron chi connectivity index (χ1n) is 12.8. The standard InChI is InChI=1S/C29H29ClN6O3S/c1-34-28(21-10-12-23(13-11-21)31-26(37)19-39-25-8-3-2-4-9-25)32-33-29(34)40-20-27(38)36-16-14-35(15-17-36)24-7-5-6-22(30)18-24/h2-13,18H,14-17,19-20H2,1H3,(H,31,37). The summed E-state index contributed by atoms with van der Waals surface area (Å²) in [4.78, 5) is 29.2. The summed E-state index contributed by atoms with van der Waals surface area (Å²) < 4.78 is 7.36. The molecule has 1 aliphatic heterocycles. The second-order valence-corrected chi connectivity index (χ2v) is 10.6. The van der Waals surface area contributed by atoms with Crippen molar-refractivity contribution in [1.82, 2.24) is 19.7 Å². The Balaban J connectivity index is 1.10. The first kappa shape index (κ1) is 27.5. The van der Waals surface area contributed by atoms with E-state index in [4.69, 9.17) is 16.3 Å². The Morgan fingerprint density at radius 3 is 2.42 bits per heavy atom. The van der Waals surface area contributed by atoms with Gasteiger partial charge in [-0.3, -0.25) is 9.59 Å². The van der Waals surface area contributed by atoms with E-state index in [1.807, 2.05) is 83.2 Å². The second-order valence-electron chi connectivity index (χ2n) is 9.23. The smallest absolute Gasteiger partial charge is 0.262 e. The first-order valence-corrected chi connectivity index (χ1v) is 14.2. The third-order valence-electron chi connectivity index (χ3n) is 6.51. The molecule has 11 heteroatoms. The summed E-state index contributed by atoms with van der Waals surface area (Å²) in [6.07, 6.45) is 0. The van der Waals surface area contributed by atoms with Crippen LogP contribution in [0.25, 0.3) is 11.4 Å². The predicted octanol–water partition coefficient (Wildman–Crippen LogP) is 4.59.